The van der Waals surface area contributed by atoms with Crippen LogP contribution < -0.4 is 0 Å². The molecule has 0 aliphatic heterocycles. The maximum atomic E-state index is 4.94. The van der Waals surface area contributed by atoms with E-state index >= 15 is 0 Å². The van der Waals surface area contributed by atoms with Gasteiger partial charge in [0.05, 0.1) is 0 Å². The third kappa shape index (κ3) is 6.47. The van der Waals surface area contributed by atoms with Gasteiger partial charge < -0.3 is 0 Å². The van der Waals surface area contributed by atoms with E-state index in [4.69, 9.17) is 9.97 Å². The number of rotatable bonds is 6. The summed E-state index contributed by atoms with van der Waals surface area (Å²) in [6.07, 6.45) is 8.80. The number of nitrogens with zero attached hydrogens (tertiary/aromatic N) is 2. The van der Waals surface area contributed by atoms with Gasteiger partial charge in [-0.25, -0.2) is 0 Å². The Balaban J connectivity index is 1.24. The fourth-order valence-electron chi connectivity index (χ4n) is 7.64. The van der Waals surface area contributed by atoms with Crippen LogP contribution in [0.5, 0.6) is 0 Å². The van der Waals surface area contributed by atoms with E-state index in [1.165, 1.54) is 66.8 Å². The second-order valence-corrected chi connectivity index (χ2v) is 19.6. The van der Waals surface area contributed by atoms with Gasteiger partial charge in [-0.15, -0.1) is 0 Å². The summed E-state index contributed by atoms with van der Waals surface area (Å²) in [4.78, 5) is 9.88. The van der Waals surface area contributed by atoms with E-state index in [1.54, 1.807) is 0 Å². The molecule has 2 unspecified atom stereocenters. The van der Waals surface area contributed by atoms with Crippen molar-refractivity contribution in [3.05, 3.63) is 178 Å². The van der Waals surface area contributed by atoms with Crippen LogP contribution >= 0.6 is 0 Å². The molecule has 0 amide bonds. The van der Waals surface area contributed by atoms with Gasteiger partial charge in [-0.2, -0.15) is 0 Å². The molecule has 0 bridgehead atoms. The Morgan fingerprint density at radius 2 is 0.863 bits per heavy atom. The second kappa shape index (κ2) is 13.3. The fraction of sp³-hybridized carbons (Fsp3) is 0.208. The van der Waals surface area contributed by atoms with Gasteiger partial charge in [0.15, 0.2) is 0 Å². The molecule has 6 aromatic rings. The third-order valence-electron chi connectivity index (χ3n) is 10.5. The monoisotopic (exact) mass is 738 g/mol. The molecular weight excluding hydrogens is 696 g/mol. The topological polar surface area (TPSA) is 25.8 Å². The van der Waals surface area contributed by atoms with E-state index < -0.39 is 23.2 Å². The third-order valence-corrected chi connectivity index (χ3v) is 15.2. The first-order valence-electron chi connectivity index (χ1n) is 18.1. The number of hydrogen-bond donors (Lipinski definition) is 0. The standard InChI is InChI=1S/2C24H22N.Zr/c2*1-24(2,3)20-12-10-17(11-13-20)21-8-6-7-18-15-19(16-22(18)21)23-9-4-5-14-25-23;/h2*4-16H,1-3H3;. The number of allylic oxidation sites excluding steroid dienone is 2. The molecule has 0 N–H and O–H groups in total. The Morgan fingerprint density at radius 3 is 1.22 bits per heavy atom. The van der Waals surface area contributed by atoms with Gasteiger partial charge in [0.2, 0.25) is 0 Å². The molecule has 2 aliphatic rings. The summed E-state index contributed by atoms with van der Waals surface area (Å²) in [5, 5.41) is 0. The molecule has 0 saturated carbocycles. The summed E-state index contributed by atoms with van der Waals surface area (Å²) >= 11 is -1.30. The summed E-state index contributed by atoms with van der Waals surface area (Å²) in [6.45, 7) is 13.7. The summed E-state index contributed by atoms with van der Waals surface area (Å²) in [7, 11) is 0. The first-order chi connectivity index (χ1) is 24.6. The van der Waals surface area contributed by atoms with Gasteiger partial charge in [-0.3, -0.25) is 0 Å². The van der Waals surface area contributed by atoms with Crippen LogP contribution in [0.2, 0.25) is 0 Å². The molecule has 2 aromatic heterocycles. The van der Waals surface area contributed by atoms with Gasteiger partial charge in [0.1, 0.15) is 0 Å². The van der Waals surface area contributed by atoms with E-state index in [2.05, 4.69) is 163 Å². The van der Waals surface area contributed by atoms with Gasteiger partial charge in [0.25, 0.3) is 0 Å². The summed E-state index contributed by atoms with van der Waals surface area (Å²) in [6, 6.07) is 45.0. The fourth-order valence-corrected chi connectivity index (χ4v) is 12.6. The van der Waals surface area contributed by atoms with Gasteiger partial charge >= 0.3 is 317 Å². The minimum absolute atomic E-state index is 0.118. The molecule has 8 rings (SSSR count). The maximum absolute atomic E-state index is 4.94. The Morgan fingerprint density at radius 1 is 0.451 bits per heavy atom. The van der Waals surface area contributed by atoms with Crippen LogP contribution in [0.3, 0.4) is 0 Å². The molecule has 2 nitrogen and oxygen atoms in total. The van der Waals surface area contributed by atoms with Crippen molar-refractivity contribution in [2.24, 2.45) is 0 Å². The molecule has 0 saturated heterocycles. The number of aromatic nitrogens is 2. The molecule has 250 valence electrons. The molecule has 2 aliphatic carbocycles. The molecule has 2 heterocycles. The average molecular weight is 740 g/mol. The number of benzene rings is 4. The van der Waals surface area contributed by atoms with Gasteiger partial charge in [0, 0.05) is 0 Å². The number of fused-ring (bicyclic) bond motifs is 2. The van der Waals surface area contributed by atoms with Crippen LogP contribution in [-0.4, -0.2) is 9.97 Å². The van der Waals surface area contributed by atoms with Crippen LogP contribution in [-0.2, 0) is 34.1 Å². The van der Waals surface area contributed by atoms with Crippen molar-refractivity contribution in [2.75, 3.05) is 0 Å². The van der Waals surface area contributed by atoms with Crippen LogP contribution in [0.1, 0.15) is 93.6 Å². The van der Waals surface area contributed by atoms with Crippen LogP contribution in [0.15, 0.2) is 134 Å². The summed E-state index contributed by atoms with van der Waals surface area (Å²) < 4.78 is 0.676. The molecule has 2 atom stereocenters. The Hall–Kier alpha value is -4.46. The van der Waals surface area contributed by atoms with E-state index in [1.807, 2.05) is 24.5 Å². The van der Waals surface area contributed by atoms with Crippen LogP contribution in [0.25, 0.3) is 45.6 Å². The van der Waals surface area contributed by atoms with Crippen molar-refractivity contribution in [3.8, 4) is 22.3 Å². The average Bonchev–Trinajstić information content (AvgIpc) is 3.70. The zero-order valence-electron chi connectivity index (χ0n) is 30.4. The normalized spacial score (nSPS) is 16.7. The van der Waals surface area contributed by atoms with E-state index in [0.29, 0.717) is 7.25 Å². The predicted octanol–water partition coefficient (Wildman–Crippen LogP) is 12.4. The molecule has 0 radical (unpaired) electrons. The first-order valence-corrected chi connectivity index (χ1v) is 20.9. The minimum atomic E-state index is -1.30. The zero-order chi connectivity index (χ0) is 35.3. The molecule has 4 aromatic carbocycles. The Kier molecular flexibility index (Phi) is 8.76. The summed E-state index contributed by atoms with van der Waals surface area (Å²) in [5.74, 6) is 0. The molecule has 0 spiro atoms. The van der Waals surface area contributed by atoms with Crippen molar-refractivity contribution in [2.45, 2.75) is 59.6 Å². The second-order valence-electron chi connectivity index (χ2n) is 15.9. The predicted molar refractivity (Wildman–Crippen MR) is 211 cm³/mol. The molecule has 0 fully saturated rings. The van der Waals surface area contributed by atoms with Crippen molar-refractivity contribution in [1.29, 1.82) is 0 Å². The van der Waals surface area contributed by atoms with Crippen molar-refractivity contribution >= 4 is 23.3 Å². The van der Waals surface area contributed by atoms with Crippen molar-refractivity contribution in [1.82, 2.24) is 9.97 Å². The van der Waals surface area contributed by atoms with Crippen molar-refractivity contribution < 1.29 is 23.2 Å². The van der Waals surface area contributed by atoms with E-state index in [-0.39, 0.29) is 10.8 Å². The summed E-state index contributed by atoms with van der Waals surface area (Å²) in [5.41, 5.74) is 18.6. The SMILES string of the molecule is CC(C)(C)c1ccc(-c2cccc3c2C=C(c2ccccn2)[CH]3[Zr][CH]2C(c3ccccn3)=Cc3c(-c4ccc(C(C)(C)C)cc4)cccc32)cc1. The zero-order valence-corrected chi connectivity index (χ0v) is 32.9. The number of hydrogen-bond acceptors (Lipinski definition) is 2. The van der Waals surface area contributed by atoms with Crippen LogP contribution in [0, 0.1) is 0 Å². The van der Waals surface area contributed by atoms with Crippen LogP contribution in [0.4, 0.5) is 0 Å². The van der Waals surface area contributed by atoms with E-state index in [0.717, 1.165) is 11.4 Å². The molecular formula is C48H44N2Zr. The van der Waals surface area contributed by atoms with Crippen molar-refractivity contribution in [3.63, 3.8) is 0 Å². The van der Waals surface area contributed by atoms with E-state index in [9.17, 15) is 0 Å². The molecule has 51 heavy (non-hydrogen) atoms. The number of pyridine rings is 2. The van der Waals surface area contributed by atoms with Gasteiger partial charge in [-0.1, -0.05) is 0 Å². The molecule has 3 heteroatoms. The Labute approximate surface area is 315 Å². The first kappa shape index (κ1) is 33.7. The Bertz CT molecular complexity index is 2100. The van der Waals surface area contributed by atoms with Gasteiger partial charge in [-0.05, 0) is 0 Å². The quantitative estimate of drug-likeness (QED) is 0.170.